The Bertz CT molecular complexity index is 564. The lowest BCUT2D eigenvalue weighted by atomic mass is 10.2. The Morgan fingerprint density at radius 1 is 1.50 bits per heavy atom. The summed E-state index contributed by atoms with van der Waals surface area (Å²) in [5.41, 5.74) is 0.343. The van der Waals surface area contributed by atoms with Crippen LogP contribution in [0.3, 0.4) is 0 Å². The van der Waals surface area contributed by atoms with Crippen molar-refractivity contribution < 1.29 is 4.79 Å². The van der Waals surface area contributed by atoms with Crippen molar-refractivity contribution in [2.24, 2.45) is 0 Å². The van der Waals surface area contributed by atoms with Crippen LogP contribution in [-0.4, -0.2) is 11.9 Å². The molecule has 1 aromatic rings. The molecule has 1 rings (SSSR count). The number of nitrogens with one attached hydrogen (secondary N) is 2. The molecule has 0 saturated carbocycles. The SMILES string of the molecule is CCC(C)N/C=C(/C#N)C(=O)Nc1cccc(Cl)c1Cl. The van der Waals surface area contributed by atoms with Crippen LogP contribution in [0.15, 0.2) is 30.0 Å². The molecule has 0 fully saturated rings. The molecule has 2 N–H and O–H groups in total. The van der Waals surface area contributed by atoms with Gasteiger partial charge in [0.25, 0.3) is 5.91 Å². The van der Waals surface area contributed by atoms with Crippen molar-refractivity contribution >= 4 is 34.8 Å². The molecule has 1 amide bonds. The van der Waals surface area contributed by atoms with Crippen molar-refractivity contribution in [3.05, 3.63) is 40.0 Å². The Hall–Kier alpha value is -1.70. The van der Waals surface area contributed by atoms with Crippen molar-refractivity contribution in [1.82, 2.24) is 5.32 Å². The van der Waals surface area contributed by atoms with Crippen LogP contribution in [0.1, 0.15) is 20.3 Å². The highest BCUT2D eigenvalue weighted by molar-refractivity contribution is 6.44. The summed E-state index contributed by atoms with van der Waals surface area (Å²) in [5.74, 6) is -0.535. The van der Waals surface area contributed by atoms with Gasteiger partial charge in [-0.25, -0.2) is 0 Å². The number of nitriles is 1. The van der Waals surface area contributed by atoms with Gasteiger partial charge in [-0.3, -0.25) is 4.79 Å². The fourth-order valence-corrected chi connectivity index (χ4v) is 1.63. The molecule has 0 radical (unpaired) electrons. The Morgan fingerprint density at radius 3 is 2.80 bits per heavy atom. The van der Waals surface area contributed by atoms with E-state index in [0.29, 0.717) is 10.7 Å². The third kappa shape index (κ3) is 4.44. The van der Waals surface area contributed by atoms with Gasteiger partial charge >= 0.3 is 0 Å². The van der Waals surface area contributed by atoms with Crippen molar-refractivity contribution in [3.8, 4) is 6.07 Å². The first-order chi connectivity index (χ1) is 9.49. The molecule has 20 heavy (non-hydrogen) atoms. The molecule has 0 aliphatic heterocycles. The van der Waals surface area contributed by atoms with Gasteiger partial charge in [-0.1, -0.05) is 36.2 Å². The number of benzene rings is 1. The summed E-state index contributed by atoms with van der Waals surface area (Å²) in [4.78, 5) is 12.0. The van der Waals surface area contributed by atoms with E-state index >= 15 is 0 Å². The van der Waals surface area contributed by atoms with Gasteiger partial charge in [0.1, 0.15) is 11.6 Å². The molecule has 0 heterocycles. The molecule has 0 aliphatic carbocycles. The fourth-order valence-electron chi connectivity index (χ4n) is 1.28. The van der Waals surface area contributed by atoms with E-state index in [9.17, 15) is 4.79 Å². The lowest BCUT2D eigenvalue weighted by Gasteiger charge is -2.10. The molecule has 0 spiro atoms. The zero-order chi connectivity index (χ0) is 15.1. The highest BCUT2D eigenvalue weighted by atomic mass is 35.5. The largest absolute Gasteiger partial charge is 0.387 e. The van der Waals surface area contributed by atoms with Gasteiger partial charge in [0.15, 0.2) is 0 Å². The maximum absolute atomic E-state index is 12.0. The first kappa shape index (κ1) is 16.4. The van der Waals surface area contributed by atoms with Gasteiger partial charge in [-0.15, -0.1) is 0 Å². The third-order valence-corrected chi connectivity index (χ3v) is 3.51. The highest BCUT2D eigenvalue weighted by Crippen LogP contribution is 2.29. The maximum Gasteiger partial charge on any atom is 0.267 e. The zero-order valence-electron chi connectivity index (χ0n) is 11.2. The number of amides is 1. The van der Waals surface area contributed by atoms with Crippen LogP contribution in [0.4, 0.5) is 5.69 Å². The fraction of sp³-hybridized carbons (Fsp3) is 0.286. The second-order valence-corrected chi connectivity index (χ2v) is 4.99. The predicted octanol–water partition coefficient (Wildman–Crippen LogP) is 3.73. The van der Waals surface area contributed by atoms with Gasteiger partial charge in [0.05, 0.1) is 15.7 Å². The number of carbonyl (C=O) groups is 1. The van der Waals surface area contributed by atoms with Gasteiger partial charge < -0.3 is 10.6 Å². The molecular formula is C14H15Cl2N3O. The molecule has 1 aromatic carbocycles. The zero-order valence-corrected chi connectivity index (χ0v) is 12.7. The molecule has 1 unspecified atom stereocenters. The second-order valence-electron chi connectivity index (χ2n) is 4.20. The maximum atomic E-state index is 12.0. The summed E-state index contributed by atoms with van der Waals surface area (Å²) in [5, 5.41) is 15.1. The standard InChI is InChI=1S/C14H15Cl2N3O/c1-3-9(2)18-8-10(7-17)14(20)19-12-6-4-5-11(15)13(12)16/h4-6,8-9,18H,3H2,1-2H3,(H,19,20)/b10-8-. The number of hydrogen-bond donors (Lipinski definition) is 2. The summed E-state index contributed by atoms with van der Waals surface area (Å²) in [6.45, 7) is 3.96. The van der Waals surface area contributed by atoms with E-state index in [-0.39, 0.29) is 16.6 Å². The number of nitrogens with zero attached hydrogens (tertiary/aromatic N) is 1. The van der Waals surface area contributed by atoms with Crippen molar-refractivity contribution in [3.63, 3.8) is 0 Å². The number of carbonyl (C=O) groups excluding carboxylic acids is 1. The lowest BCUT2D eigenvalue weighted by molar-refractivity contribution is -0.112. The van der Waals surface area contributed by atoms with E-state index < -0.39 is 5.91 Å². The van der Waals surface area contributed by atoms with Crippen molar-refractivity contribution in [2.75, 3.05) is 5.32 Å². The number of anilines is 1. The van der Waals surface area contributed by atoms with Crippen LogP contribution in [0.25, 0.3) is 0 Å². The molecule has 0 bridgehead atoms. The molecule has 4 nitrogen and oxygen atoms in total. The minimum Gasteiger partial charge on any atom is -0.387 e. The molecule has 0 aliphatic rings. The minimum absolute atomic E-state index is 0.0265. The van der Waals surface area contributed by atoms with Crippen LogP contribution in [0.5, 0.6) is 0 Å². The first-order valence-electron chi connectivity index (χ1n) is 6.11. The van der Waals surface area contributed by atoms with Crippen LogP contribution >= 0.6 is 23.2 Å². The van der Waals surface area contributed by atoms with Crippen LogP contribution in [0.2, 0.25) is 10.0 Å². The summed E-state index contributed by atoms with van der Waals surface area (Å²) < 4.78 is 0. The van der Waals surface area contributed by atoms with E-state index in [1.165, 1.54) is 6.20 Å². The Labute approximate surface area is 128 Å². The number of hydrogen-bond acceptors (Lipinski definition) is 3. The molecule has 0 saturated heterocycles. The number of halogens is 2. The quantitative estimate of drug-likeness (QED) is 0.643. The molecule has 1 atom stereocenters. The topological polar surface area (TPSA) is 64.9 Å². The Balaban J connectivity index is 2.83. The van der Waals surface area contributed by atoms with E-state index in [1.807, 2.05) is 19.9 Å². The van der Waals surface area contributed by atoms with E-state index in [1.54, 1.807) is 18.2 Å². The highest BCUT2D eigenvalue weighted by Gasteiger charge is 2.12. The van der Waals surface area contributed by atoms with E-state index in [2.05, 4.69) is 10.6 Å². The summed E-state index contributed by atoms with van der Waals surface area (Å²) in [7, 11) is 0. The Kier molecular flexibility index (Phi) is 6.37. The molecular weight excluding hydrogens is 297 g/mol. The average Bonchev–Trinajstić information content (AvgIpc) is 2.44. The molecule has 6 heteroatoms. The van der Waals surface area contributed by atoms with Crippen LogP contribution < -0.4 is 10.6 Å². The van der Waals surface area contributed by atoms with Crippen molar-refractivity contribution in [1.29, 1.82) is 5.26 Å². The van der Waals surface area contributed by atoms with Crippen LogP contribution in [0, 0.1) is 11.3 Å². The van der Waals surface area contributed by atoms with E-state index in [0.717, 1.165) is 6.42 Å². The number of rotatable bonds is 5. The Morgan fingerprint density at radius 2 is 2.20 bits per heavy atom. The van der Waals surface area contributed by atoms with Gasteiger partial charge in [0, 0.05) is 12.2 Å². The average molecular weight is 312 g/mol. The smallest absolute Gasteiger partial charge is 0.267 e. The monoisotopic (exact) mass is 311 g/mol. The van der Waals surface area contributed by atoms with Gasteiger partial charge in [-0.2, -0.15) is 5.26 Å². The summed E-state index contributed by atoms with van der Waals surface area (Å²) >= 11 is 11.8. The van der Waals surface area contributed by atoms with Crippen molar-refractivity contribution in [2.45, 2.75) is 26.3 Å². The van der Waals surface area contributed by atoms with E-state index in [4.69, 9.17) is 28.5 Å². The third-order valence-electron chi connectivity index (χ3n) is 2.69. The molecule has 106 valence electrons. The first-order valence-corrected chi connectivity index (χ1v) is 6.86. The minimum atomic E-state index is -0.535. The summed E-state index contributed by atoms with van der Waals surface area (Å²) in [6.07, 6.45) is 2.29. The van der Waals surface area contributed by atoms with Gasteiger partial charge in [-0.05, 0) is 25.5 Å². The predicted molar refractivity (Wildman–Crippen MR) is 81.7 cm³/mol. The summed E-state index contributed by atoms with van der Waals surface area (Å²) in [6, 6.07) is 6.92. The normalized spacial score (nSPS) is 12.4. The van der Waals surface area contributed by atoms with Gasteiger partial charge in [0.2, 0.25) is 0 Å². The van der Waals surface area contributed by atoms with Crippen LogP contribution in [-0.2, 0) is 4.79 Å². The second kappa shape index (κ2) is 7.78. The molecule has 0 aromatic heterocycles. The lowest BCUT2D eigenvalue weighted by Crippen LogP contribution is -2.22.